The third-order valence-corrected chi connectivity index (χ3v) is 21.1. The van der Waals surface area contributed by atoms with Crippen molar-refractivity contribution in [3.63, 3.8) is 0 Å². The molecule has 0 fully saturated rings. The Bertz CT molecular complexity index is 5780. The van der Waals surface area contributed by atoms with Gasteiger partial charge in [0.15, 0.2) is 0 Å². The van der Waals surface area contributed by atoms with Gasteiger partial charge in [-0.1, -0.05) is 200 Å². The van der Waals surface area contributed by atoms with Gasteiger partial charge in [0.1, 0.15) is 0 Å². The van der Waals surface area contributed by atoms with E-state index in [2.05, 4.69) is 347 Å². The summed E-state index contributed by atoms with van der Waals surface area (Å²) in [7, 11) is 0. The molecule has 0 saturated heterocycles. The van der Waals surface area contributed by atoms with E-state index in [1.807, 2.05) is 22.7 Å². The van der Waals surface area contributed by atoms with E-state index in [9.17, 15) is 0 Å². The Morgan fingerprint density at radius 2 is 0.576 bits per heavy atom. The van der Waals surface area contributed by atoms with Crippen LogP contribution in [-0.2, 0) is 0 Å². The second-order valence-electron chi connectivity index (χ2n) is 23.9. The summed E-state index contributed by atoms with van der Waals surface area (Å²) in [6.07, 6.45) is 0. The highest BCUT2D eigenvalue weighted by atomic mass is 32.1. The van der Waals surface area contributed by atoms with Crippen LogP contribution in [0.5, 0.6) is 0 Å². The number of hydrogen-bond donors (Lipinski definition) is 0. The molecule has 4 aromatic heterocycles. The van der Waals surface area contributed by atoms with E-state index in [0.29, 0.717) is 0 Å². The molecule has 19 rings (SSSR count). The molecular weight excluding hydrogens is 1150 g/mol. The van der Waals surface area contributed by atoms with Crippen molar-refractivity contribution in [2.45, 2.75) is 0 Å². The van der Waals surface area contributed by atoms with Crippen LogP contribution in [0.2, 0.25) is 0 Å². The Hall–Kier alpha value is -11.5. The number of fused-ring (bicyclic) bond motifs is 14. The van der Waals surface area contributed by atoms with Gasteiger partial charge in [0, 0.05) is 107 Å². The van der Waals surface area contributed by atoms with E-state index < -0.39 is 0 Å². The largest absolute Gasteiger partial charge is 0.310 e. The van der Waals surface area contributed by atoms with Gasteiger partial charge in [0.2, 0.25) is 0 Å². The van der Waals surface area contributed by atoms with Gasteiger partial charge in [0.25, 0.3) is 0 Å². The molecule has 92 heavy (non-hydrogen) atoms. The number of rotatable bonds is 10. The van der Waals surface area contributed by atoms with Crippen molar-refractivity contribution in [1.82, 2.24) is 9.13 Å². The molecule has 0 unspecified atom stereocenters. The van der Waals surface area contributed by atoms with Crippen LogP contribution in [0.4, 0.5) is 34.1 Å². The van der Waals surface area contributed by atoms with Crippen LogP contribution in [0.1, 0.15) is 0 Å². The Kier molecular flexibility index (Phi) is 12.0. The molecule has 0 bridgehead atoms. The second-order valence-corrected chi connectivity index (χ2v) is 26.1. The van der Waals surface area contributed by atoms with E-state index in [-0.39, 0.29) is 0 Å². The first-order chi connectivity index (χ1) is 45.7. The molecule has 4 heterocycles. The quantitative estimate of drug-likeness (QED) is 0.136. The van der Waals surface area contributed by atoms with Crippen LogP contribution in [0.25, 0.3) is 139 Å². The van der Waals surface area contributed by atoms with Crippen molar-refractivity contribution in [3.8, 4) is 33.6 Å². The van der Waals surface area contributed by atoms with E-state index in [0.717, 1.165) is 67.6 Å². The van der Waals surface area contributed by atoms with Crippen LogP contribution in [0, 0.1) is 0 Å². The van der Waals surface area contributed by atoms with Gasteiger partial charge in [-0.3, -0.25) is 0 Å². The Morgan fingerprint density at radius 3 is 1.04 bits per heavy atom. The maximum absolute atomic E-state index is 2.48. The number of benzene rings is 15. The van der Waals surface area contributed by atoms with Crippen LogP contribution in [0.15, 0.2) is 328 Å². The van der Waals surface area contributed by atoms with Crippen molar-refractivity contribution in [1.29, 1.82) is 0 Å². The fraction of sp³-hybridized carbons (Fsp3) is 0. The monoisotopic (exact) mass is 1210 g/mol. The molecule has 0 N–H and O–H groups in total. The molecule has 0 aliphatic carbocycles. The number of aromatic nitrogens is 2. The molecular formula is C86H54N4S2. The van der Waals surface area contributed by atoms with E-state index in [1.54, 1.807) is 0 Å². The summed E-state index contributed by atoms with van der Waals surface area (Å²) in [6.45, 7) is 0. The highest BCUT2D eigenvalue weighted by Gasteiger charge is 2.25. The van der Waals surface area contributed by atoms with Crippen molar-refractivity contribution >= 4 is 162 Å². The average Bonchev–Trinajstić information content (AvgIpc) is 1.57. The highest BCUT2D eigenvalue weighted by Crippen LogP contribution is 2.50. The van der Waals surface area contributed by atoms with Crippen molar-refractivity contribution < 1.29 is 0 Å². The summed E-state index contributed by atoms with van der Waals surface area (Å²) < 4.78 is 10.0. The fourth-order valence-electron chi connectivity index (χ4n) is 15.0. The zero-order valence-electron chi connectivity index (χ0n) is 49.8. The lowest BCUT2D eigenvalue weighted by Crippen LogP contribution is -2.10. The number of anilines is 6. The van der Waals surface area contributed by atoms with Gasteiger partial charge in [-0.2, -0.15) is 0 Å². The van der Waals surface area contributed by atoms with Gasteiger partial charge in [-0.25, -0.2) is 0 Å². The molecule has 0 aliphatic heterocycles. The third-order valence-electron chi connectivity index (χ3n) is 18.8. The molecule has 0 saturated carbocycles. The van der Waals surface area contributed by atoms with Crippen LogP contribution in [-0.4, -0.2) is 9.13 Å². The van der Waals surface area contributed by atoms with Gasteiger partial charge < -0.3 is 18.9 Å². The standard InChI is InChI=1S/C86H54N4S2/c1-3-26-57(27-4-1)87(73-42-15-24-55-22-7-9-32-63(55)73)61-48-50-79-71(53-61)85-67(38-20-46-81(85)91-79)65-36-18-44-77-83(65)69-34-11-13-40-75(69)89(77)59-30-17-31-60(52-59)90-76-41-14-12-35-70(76)84-66(37-19-45-78(84)90)68-39-21-47-82-86(68)72-54-62(49-51-80(72)92-82)88(58-28-5-2-6-29-58)74-43-16-25-56-23-8-10-33-64(56)74/h1-54H. The normalized spacial score (nSPS) is 11.9. The van der Waals surface area contributed by atoms with Crippen LogP contribution >= 0.6 is 22.7 Å². The number of hydrogen-bond acceptors (Lipinski definition) is 4. The average molecular weight is 1210 g/mol. The third kappa shape index (κ3) is 8.14. The predicted molar refractivity (Wildman–Crippen MR) is 396 cm³/mol. The fourth-order valence-corrected chi connectivity index (χ4v) is 17.2. The summed E-state index contributed by atoms with van der Waals surface area (Å²) in [6, 6.07) is 121. The van der Waals surface area contributed by atoms with E-state index in [1.165, 1.54) is 106 Å². The number of para-hydroxylation sites is 4. The molecule has 0 spiro atoms. The lowest BCUT2D eigenvalue weighted by Gasteiger charge is -2.27. The maximum Gasteiger partial charge on any atom is 0.0547 e. The van der Waals surface area contributed by atoms with E-state index in [4.69, 9.17) is 0 Å². The first kappa shape index (κ1) is 52.4. The SMILES string of the molecule is c1ccc(N(c2ccc3sc4cccc(-c5cccc6c5c5ccccc5n6-c5cccc(-n6c7ccccc7c7c(-c8cccc9sc%10ccc(N(c%11ccccc%11)c%11cccc%12ccccc%11%12)cc%10c89)cccc76)c5)c4c3c2)c2cccc3ccccc23)cc1. The highest BCUT2D eigenvalue weighted by molar-refractivity contribution is 7.26. The summed E-state index contributed by atoms with van der Waals surface area (Å²) >= 11 is 3.74. The zero-order valence-corrected chi connectivity index (χ0v) is 51.4. The smallest absolute Gasteiger partial charge is 0.0547 e. The Balaban J connectivity index is 0.759. The van der Waals surface area contributed by atoms with Gasteiger partial charge in [0.05, 0.1) is 33.4 Å². The van der Waals surface area contributed by atoms with Crippen LogP contribution in [0.3, 0.4) is 0 Å². The lowest BCUT2D eigenvalue weighted by molar-refractivity contribution is 1.13. The van der Waals surface area contributed by atoms with Gasteiger partial charge in [-0.15, -0.1) is 22.7 Å². The molecule has 0 atom stereocenters. The summed E-state index contributed by atoms with van der Waals surface area (Å²) in [4.78, 5) is 4.84. The topological polar surface area (TPSA) is 16.3 Å². The molecule has 19 aromatic rings. The second kappa shape index (κ2) is 21.0. The first-order valence-electron chi connectivity index (χ1n) is 31.4. The van der Waals surface area contributed by atoms with Gasteiger partial charge in [-0.05, 0) is 160 Å². The number of nitrogens with zero attached hydrogens (tertiary/aromatic N) is 4. The van der Waals surface area contributed by atoms with Gasteiger partial charge >= 0.3 is 0 Å². The maximum atomic E-state index is 2.48. The predicted octanol–water partition coefficient (Wildman–Crippen LogP) is 25.2. The molecule has 15 aromatic carbocycles. The summed E-state index contributed by atoms with van der Waals surface area (Å²) in [5, 5.41) is 14.8. The Morgan fingerprint density at radius 1 is 0.217 bits per heavy atom. The van der Waals surface area contributed by atoms with E-state index >= 15 is 0 Å². The molecule has 0 aliphatic rings. The van der Waals surface area contributed by atoms with Crippen LogP contribution < -0.4 is 9.80 Å². The van der Waals surface area contributed by atoms with Crippen molar-refractivity contribution in [3.05, 3.63) is 328 Å². The van der Waals surface area contributed by atoms with Crippen molar-refractivity contribution in [2.75, 3.05) is 9.80 Å². The zero-order chi connectivity index (χ0) is 60.4. The minimum atomic E-state index is 1.10. The lowest BCUT2D eigenvalue weighted by atomic mass is 9.95. The van der Waals surface area contributed by atoms with Crippen molar-refractivity contribution in [2.24, 2.45) is 0 Å². The molecule has 4 nitrogen and oxygen atoms in total. The molecule has 0 radical (unpaired) electrons. The summed E-state index contributed by atoms with van der Waals surface area (Å²) in [5.74, 6) is 0. The molecule has 430 valence electrons. The first-order valence-corrected chi connectivity index (χ1v) is 33.0. The molecule has 0 amide bonds. The Labute approximate surface area is 538 Å². The summed E-state index contributed by atoms with van der Waals surface area (Å²) in [5.41, 5.74) is 18.5. The molecule has 6 heteroatoms. The minimum Gasteiger partial charge on any atom is -0.310 e. The minimum absolute atomic E-state index is 1.10. The number of thiophene rings is 2.